The number of nitrogens with one attached hydrogen (secondary N) is 1. The van der Waals surface area contributed by atoms with Gasteiger partial charge in [0.2, 0.25) is 0 Å². The number of hydrogen-bond donors (Lipinski definition) is 1. The van der Waals surface area contributed by atoms with E-state index in [4.69, 9.17) is 4.74 Å². The molecule has 0 spiro atoms. The van der Waals surface area contributed by atoms with Crippen molar-refractivity contribution in [1.29, 1.82) is 0 Å². The fraction of sp³-hybridized carbons (Fsp3) is 0.467. The molecule has 5 heteroatoms. The van der Waals surface area contributed by atoms with E-state index in [-0.39, 0.29) is 0 Å². The van der Waals surface area contributed by atoms with E-state index in [2.05, 4.69) is 46.6 Å². The molecule has 5 nitrogen and oxygen atoms in total. The lowest BCUT2D eigenvalue weighted by Gasteiger charge is -2.08. The summed E-state index contributed by atoms with van der Waals surface area (Å²) in [5, 5.41) is 7.63. The molecule has 0 radical (unpaired) electrons. The maximum Gasteiger partial charge on any atom is 0.140 e. The molecule has 1 aromatic heterocycles. The van der Waals surface area contributed by atoms with Gasteiger partial charge in [0.1, 0.15) is 12.2 Å². The first-order valence-electron chi connectivity index (χ1n) is 6.97. The standard InChI is InChI=1S/C15H22N4O/c1-3-7-19-15(17-12-18-19)10-16-9-13-5-4-6-14(8-13)11-20-2/h4-6,8,12,16H,3,7,9-11H2,1-2H3. The summed E-state index contributed by atoms with van der Waals surface area (Å²) in [5.74, 6) is 0.986. The van der Waals surface area contributed by atoms with Gasteiger partial charge in [-0.25, -0.2) is 9.67 Å². The van der Waals surface area contributed by atoms with Gasteiger partial charge in [0, 0.05) is 20.2 Å². The summed E-state index contributed by atoms with van der Waals surface area (Å²) >= 11 is 0. The van der Waals surface area contributed by atoms with E-state index in [0.29, 0.717) is 6.61 Å². The second kappa shape index (κ2) is 7.77. The number of benzene rings is 1. The Kier molecular flexibility index (Phi) is 5.70. The van der Waals surface area contributed by atoms with Crippen LogP contribution in [0.25, 0.3) is 0 Å². The summed E-state index contributed by atoms with van der Waals surface area (Å²) in [6.45, 7) is 5.25. The quantitative estimate of drug-likeness (QED) is 0.801. The minimum atomic E-state index is 0.651. The first-order valence-corrected chi connectivity index (χ1v) is 6.97. The van der Waals surface area contributed by atoms with Crippen molar-refractivity contribution < 1.29 is 4.74 Å². The van der Waals surface area contributed by atoms with E-state index in [1.54, 1.807) is 13.4 Å². The molecule has 2 aromatic rings. The molecule has 20 heavy (non-hydrogen) atoms. The lowest BCUT2D eigenvalue weighted by molar-refractivity contribution is 0.185. The van der Waals surface area contributed by atoms with Crippen LogP contribution in [0.5, 0.6) is 0 Å². The second-order valence-electron chi connectivity index (χ2n) is 4.76. The third-order valence-electron chi connectivity index (χ3n) is 3.05. The lowest BCUT2D eigenvalue weighted by atomic mass is 10.1. The molecule has 1 aromatic carbocycles. The van der Waals surface area contributed by atoms with E-state index in [1.807, 2.05) is 4.68 Å². The Balaban J connectivity index is 1.86. The topological polar surface area (TPSA) is 52.0 Å². The minimum absolute atomic E-state index is 0.651. The molecule has 108 valence electrons. The summed E-state index contributed by atoms with van der Waals surface area (Å²) in [4.78, 5) is 4.28. The Morgan fingerprint density at radius 1 is 1.25 bits per heavy atom. The molecule has 0 aliphatic rings. The zero-order valence-electron chi connectivity index (χ0n) is 12.2. The molecule has 0 aliphatic heterocycles. The average Bonchev–Trinajstić information content (AvgIpc) is 2.88. The van der Waals surface area contributed by atoms with Crippen LogP contribution < -0.4 is 5.32 Å². The summed E-state index contributed by atoms with van der Waals surface area (Å²) in [5.41, 5.74) is 2.45. The molecule has 0 saturated heterocycles. The van der Waals surface area contributed by atoms with Crippen molar-refractivity contribution in [2.45, 2.75) is 39.6 Å². The van der Waals surface area contributed by atoms with Gasteiger partial charge in [-0.1, -0.05) is 31.2 Å². The van der Waals surface area contributed by atoms with E-state index >= 15 is 0 Å². The van der Waals surface area contributed by atoms with Crippen LogP contribution in [0.2, 0.25) is 0 Å². The molecule has 0 amide bonds. The molecule has 0 atom stereocenters. The van der Waals surface area contributed by atoms with Gasteiger partial charge < -0.3 is 10.1 Å². The lowest BCUT2D eigenvalue weighted by Crippen LogP contribution is -2.17. The molecule has 0 saturated carbocycles. The molecular formula is C15H22N4O. The summed E-state index contributed by atoms with van der Waals surface area (Å²) < 4.78 is 7.10. The number of rotatable bonds is 8. The number of methoxy groups -OCH3 is 1. The monoisotopic (exact) mass is 274 g/mol. The van der Waals surface area contributed by atoms with Gasteiger partial charge in [0.05, 0.1) is 13.2 Å². The minimum Gasteiger partial charge on any atom is -0.380 e. The third kappa shape index (κ3) is 4.15. The van der Waals surface area contributed by atoms with Gasteiger partial charge >= 0.3 is 0 Å². The third-order valence-corrected chi connectivity index (χ3v) is 3.05. The summed E-state index contributed by atoms with van der Waals surface area (Å²) in [6, 6.07) is 8.41. The fourth-order valence-corrected chi connectivity index (χ4v) is 2.14. The predicted octanol–water partition coefficient (Wildman–Crippen LogP) is 2.12. The SMILES string of the molecule is CCCn1ncnc1CNCc1cccc(COC)c1. The number of hydrogen-bond acceptors (Lipinski definition) is 4. The van der Waals surface area contributed by atoms with E-state index < -0.39 is 0 Å². The highest BCUT2D eigenvalue weighted by molar-refractivity contribution is 5.22. The van der Waals surface area contributed by atoms with E-state index in [1.165, 1.54) is 11.1 Å². The van der Waals surface area contributed by atoms with Crippen molar-refractivity contribution in [3.63, 3.8) is 0 Å². The van der Waals surface area contributed by atoms with Crippen LogP contribution >= 0.6 is 0 Å². The summed E-state index contributed by atoms with van der Waals surface area (Å²) in [6.07, 6.45) is 2.68. The second-order valence-corrected chi connectivity index (χ2v) is 4.76. The highest BCUT2D eigenvalue weighted by Gasteiger charge is 2.03. The Morgan fingerprint density at radius 3 is 2.90 bits per heavy atom. The largest absolute Gasteiger partial charge is 0.380 e. The van der Waals surface area contributed by atoms with Crippen LogP contribution in [0.15, 0.2) is 30.6 Å². The van der Waals surface area contributed by atoms with Crippen molar-refractivity contribution in [1.82, 2.24) is 20.1 Å². The van der Waals surface area contributed by atoms with Crippen molar-refractivity contribution in [3.05, 3.63) is 47.5 Å². The van der Waals surface area contributed by atoms with Crippen molar-refractivity contribution in [2.75, 3.05) is 7.11 Å². The average molecular weight is 274 g/mol. The van der Waals surface area contributed by atoms with Crippen LogP contribution in [0.4, 0.5) is 0 Å². The van der Waals surface area contributed by atoms with Crippen molar-refractivity contribution in [2.24, 2.45) is 0 Å². The molecule has 0 unspecified atom stereocenters. The Hall–Kier alpha value is -1.72. The van der Waals surface area contributed by atoms with Crippen LogP contribution in [-0.2, 0) is 31.0 Å². The van der Waals surface area contributed by atoms with Gasteiger partial charge in [-0.2, -0.15) is 5.10 Å². The first kappa shape index (κ1) is 14.7. The van der Waals surface area contributed by atoms with Gasteiger partial charge in [-0.05, 0) is 17.5 Å². The van der Waals surface area contributed by atoms with Gasteiger partial charge in [-0.3, -0.25) is 0 Å². The maximum absolute atomic E-state index is 5.15. The zero-order valence-corrected chi connectivity index (χ0v) is 12.2. The van der Waals surface area contributed by atoms with Gasteiger partial charge in [-0.15, -0.1) is 0 Å². The number of nitrogens with zero attached hydrogens (tertiary/aromatic N) is 3. The maximum atomic E-state index is 5.15. The molecular weight excluding hydrogens is 252 g/mol. The van der Waals surface area contributed by atoms with Crippen LogP contribution in [0, 0.1) is 0 Å². The number of ether oxygens (including phenoxy) is 1. The molecule has 1 N–H and O–H groups in total. The van der Waals surface area contributed by atoms with Crippen LogP contribution in [0.3, 0.4) is 0 Å². The van der Waals surface area contributed by atoms with Crippen molar-refractivity contribution in [3.8, 4) is 0 Å². The number of aromatic nitrogens is 3. The highest BCUT2D eigenvalue weighted by Crippen LogP contribution is 2.06. The Bertz CT molecular complexity index is 524. The highest BCUT2D eigenvalue weighted by atomic mass is 16.5. The Morgan fingerprint density at radius 2 is 2.10 bits per heavy atom. The van der Waals surface area contributed by atoms with Crippen molar-refractivity contribution >= 4 is 0 Å². The molecule has 0 bridgehead atoms. The summed E-state index contributed by atoms with van der Waals surface area (Å²) in [7, 11) is 1.71. The first-order chi connectivity index (χ1) is 9.83. The molecule has 1 heterocycles. The molecule has 0 fully saturated rings. The smallest absolute Gasteiger partial charge is 0.140 e. The Labute approximate surface area is 120 Å². The van der Waals surface area contributed by atoms with Gasteiger partial charge in [0.15, 0.2) is 0 Å². The normalized spacial score (nSPS) is 10.9. The fourth-order valence-electron chi connectivity index (χ4n) is 2.14. The van der Waals surface area contributed by atoms with Crippen LogP contribution in [0.1, 0.15) is 30.3 Å². The van der Waals surface area contributed by atoms with E-state index in [9.17, 15) is 0 Å². The van der Waals surface area contributed by atoms with Gasteiger partial charge in [0.25, 0.3) is 0 Å². The molecule has 0 aliphatic carbocycles. The molecule has 2 rings (SSSR count). The zero-order chi connectivity index (χ0) is 14.2. The predicted molar refractivity (Wildman–Crippen MR) is 78.0 cm³/mol. The van der Waals surface area contributed by atoms with E-state index in [0.717, 1.165) is 31.9 Å². The van der Waals surface area contributed by atoms with Crippen LogP contribution in [-0.4, -0.2) is 21.9 Å². The number of aryl methyl sites for hydroxylation is 1.